The third kappa shape index (κ3) is 4.67. The van der Waals surface area contributed by atoms with Crippen LogP contribution in [0.25, 0.3) is 0 Å². The molecule has 0 aliphatic carbocycles. The Morgan fingerprint density at radius 3 is 2.80 bits per heavy atom. The van der Waals surface area contributed by atoms with Gasteiger partial charge in [-0.25, -0.2) is 0 Å². The van der Waals surface area contributed by atoms with Crippen LogP contribution in [0.4, 0.5) is 11.4 Å². The molecule has 0 spiro atoms. The zero-order chi connectivity index (χ0) is 10.9. The van der Waals surface area contributed by atoms with Crippen molar-refractivity contribution in [3.05, 3.63) is 24.3 Å². The molecule has 0 saturated heterocycles. The summed E-state index contributed by atoms with van der Waals surface area (Å²) < 4.78 is 5.13. The van der Waals surface area contributed by atoms with Gasteiger partial charge >= 0.3 is 0 Å². The first-order valence-corrected chi connectivity index (χ1v) is 5.11. The summed E-state index contributed by atoms with van der Waals surface area (Å²) in [6, 6.07) is 7.67. The van der Waals surface area contributed by atoms with Gasteiger partial charge in [-0.2, -0.15) is 0 Å². The van der Waals surface area contributed by atoms with E-state index in [2.05, 4.69) is 5.32 Å². The number of nitrogens with one attached hydrogen (secondary N) is 1. The molecular weight excluding hydrogens is 192 g/mol. The van der Waals surface area contributed by atoms with Crippen molar-refractivity contribution in [3.8, 4) is 0 Å². The minimum atomic E-state index is 0.0824. The summed E-state index contributed by atoms with van der Waals surface area (Å²) in [6.45, 7) is 1.96. The number of anilines is 2. The molecule has 0 aliphatic rings. The number of hydrogen-bond donors (Lipinski definition) is 3. The summed E-state index contributed by atoms with van der Waals surface area (Å²) in [5.41, 5.74) is 7.47. The molecule has 0 radical (unpaired) electrons. The van der Waals surface area contributed by atoms with Gasteiger partial charge in [-0.1, -0.05) is 12.1 Å². The largest absolute Gasteiger partial charge is 0.397 e. The molecule has 4 nitrogen and oxygen atoms in total. The average molecular weight is 210 g/mol. The van der Waals surface area contributed by atoms with Gasteiger partial charge in [-0.3, -0.25) is 0 Å². The maximum Gasteiger partial charge on any atom is 0.0697 e. The standard InChI is InChI=1S/C11H18N2O2/c12-10-4-1-2-5-11(10)13-6-3-8-15-9-7-14/h1-2,4-5,13-14H,3,6-9,12H2. The molecule has 0 aromatic heterocycles. The normalized spacial score (nSPS) is 10.2. The van der Waals surface area contributed by atoms with Gasteiger partial charge < -0.3 is 20.9 Å². The highest BCUT2D eigenvalue weighted by atomic mass is 16.5. The lowest BCUT2D eigenvalue weighted by Crippen LogP contribution is -2.08. The van der Waals surface area contributed by atoms with Crippen LogP contribution in [0.1, 0.15) is 6.42 Å². The fourth-order valence-corrected chi connectivity index (χ4v) is 1.22. The highest BCUT2D eigenvalue weighted by Crippen LogP contribution is 2.16. The highest BCUT2D eigenvalue weighted by molar-refractivity contribution is 5.65. The van der Waals surface area contributed by atoms with Crippen LogP contribution in [0.3, 0.4) is 0 Å². The van der Waals surface area contributed by atoms with Crippen molar-refractivity contribution in [1.29, 1.82) is 0 Å². The molecule has 4 heteroatoms. The highest BCUT2D eigenvalue weighted by Gasteiger charge is 1.95. The Labute approximate surface area is 90.1 Å². The molecule has 0 saturated carbocycles. The summed E-state index contributed by atoms with van der Waals surface area (Å²) in [5, 5.41) is 11.7. The summed E-state index contributed by atoms with van der Waals surface area (Å²) in [6.07, 6.45) is 0.897. The van der Waals surface area contributed by atoms with Crippen molar-refractivity contribution in [2.24, 2.45) is 0 Å². The minimum Gasteiger partial charge on any atom is -0.397 e. The van der Waals surface area contributed by atoms with Crippen LogP contribution in [0.5, 0.6) is 0 Å². The maximum atomic E-state index is 8.48. The molecule has 1 rings (SSSR count). The Kier molecular flexibility index (Phi) is 5.58. The second-order valence-corrected chi connectivity index (χ2v) is 3.20. The first kappa shape index (κ1) is 11.8. The Balaban J connectivity index is 2.12. The van der Waals surface area contributed by atoms with Gasteiger partial charge in [0.2, 0.25) is 0 Å². The van der Waals surface area contributed by atoms with E-state index < -0.39 is 0 Å². The quantitative estimate of drug-likeness (QED) is 0.465. The summed E-state index contributed by atoms with van der Waals surface area (Å²) in [5.74, 6) is 0. The van der Waals surface area contributed by atoms with E-state index in [0.29, 0.717) is 13.2 Å². The number of aliphatic hydroxyl groups excluding tert-OH is 1. The van der Waals surface area contributed by atoms with E-state index >= 15 is 0 Å². The molecule has 1 aromatic carbocycles. The fourth-order valence-electron chi connectivity index (χ4n) is 1.22. The minimum absolute atomic E-state index is 0.0824. The van der Waals surface area contributed by atoms with E-state index in [0.717, 1.165) is 24.3 Å². The zero-order valence-corrected chi connectivity index (χ0v) is 8.78. The monoisotopic (exact) mass is 210 g/mol. The molecule has 4 N–H and O–H groups in total. The SMILES string of the molecule is Nc1ccccc1NCCCOCCO. The molecule has 0 heterocycles. The van der Waals surface area contributed by atoms with E-state index in [4.69, 9.17) is 15.6 Å². The number of nitrogens with two attached hydrogens (primary N) is 1. The first-order valence-electron chi connectivity index (χ1n) is 5.11. The van der Waals surface area contributed by atoms with Crippen LogP contribution >= 0.6 is 0 Å². The van der Waals surface area contributed by atoms with Crippen LogP contribution < -0.4 is 11.1 Å². The third-order valence-corrected chi connectivity index (χ3v) is 1.98. The Morgan fingerprint density at radius 1 is 1.27 bits per heavy atom. The zero-order valence-electron chi connectivity index (χ0n) is 8.78. The predicted molar refractivity (Wildman–Crippen MR) is 61.9 cm³/mol. The average Bonchev–Trinajstić information content (AvgIpc) is 2.25. The van der Waals surface area contributed by atoms with Gasteiger partial charge in [-0.15, -0.1) is 0 Å². The van der Waals surface area contributed by atoms with Gasteiger partial charge in [0.05, 0.1) is 24.6 Å². The lowest BCUT2D eigenvalue weighted by atomic mass is 10.2. The van der Waals surface area contributed by atoms with Gasteiger partial charge in [0, 0.05) is 13.2 Å². The molecule has 1 aromatic rings. The summed E-state index contributed by atoms with van der Waals surface area (Å²) >= 11 is 0. The van der Waals surface area contributed by atoms with E-state index in [9.17, 15) is 0 Å². The number of ether oxygens (including phenoxy) is 1. The molecular formula is C11H18N2O2. The number of para-hydroxylation sites is 2. The van der Waals surface area contributed by atoms with E-state index in [1.54, 1.807) is 0 Å². The van der Waals surface area contributed by atoms with Crippen LogP contribution in [0.2, 0.25) is 0 Å². The molecule has 0 bridgehead atoms. The second kappa shape index (κ2) is 7.09. The molecule has 84 valence electrons. The Bertz CT molecular complexity index is 279. The number of nitrogen functional groups attached to an aromatic ring is 1. The molecule has 0 unspecified atom stereocenters. The molecule has 0 atom stereocenters. The van der Waals surface area contributed by atoms with Crippen LogP contribution in [0, 0.1) is 0 Å². The smallest absolute Gasteiger partial charge is 0.0697 e. The first-order chi connectivity index (χ1) is 7.34. The van der Waals surface area contributed by atoms with Crippen LogP contribution in [0.15, 0.2) is 24.3 Å². The van der Waals surface area contributed by atoms with Gasteiger partial charge in [0.15, 0.2) is 0 Å². The maximum absolute atomic E-state index is 8.48. The summed E-state index contributed by atoms with van der Waals surface area (Å²) in [4.78, 5) is 0. The second-order valence-electron chi connectivity index (χ2n) is 3.20. The van der Waals surface area contributed by atoms with Crippen molar-refractivity contribution in [2.75, 3.05) is 37.4 Å². The third-order valence-electron chi connectivity index (χ3n) is 1.98. The van der Waals surface area contributed by atoms with Gasteiger partial charge in [0.1, 0.15) is 0 Å². The Hall–Kier alpha value is -1.26. The molecule has 15 heavy (non-hydrogen) atoms. The van der Waals surface area contributed by atoms with E-state index in [1.165, 1.54) is 0 Å². The lowest BCUT2D eigenvalue weighted by Gasteiger charge is -2.08. The van der Waals surface area contributed by atoms with Gasteiger partial charge in [-0.05, 0) is 18.6 Å². The number of hydrogen-bond acceptors (Lipinski definition) is 4. The van der Waals surface area contributed by atoms with Crippen molar-refractivity contribution >= 4 is 11.4 Å². The topological polar surface area (TPSA) is 67.5 Å². The van der Waals surface area contributed by atoms with E-state index in [1.807, 2.05) is 24.3 Å². The Morgan fingerprint density at radius 2 is 2.07 bits per heavy atom. The van der Waals surface area contributed by atoms with Crippen molar-refractivity contribution < 1.29 is 9.84 Å². The van der Waals surface area contributed by atoms with Crippen molar-refractivity contribution in [2.45, 2.75) is 6.42 Å². The van der Waals surface area contributed by atoms with Crippen molar-refractivity contribution in [1.82, 2.24) is 0 Å². The van der Waals surface area contributed by atoms with Crippen molar-refractivity contribution in [3.63, 3.8) is 0 Å². The van der Waals surface area contributed by atoms with Crippen LogP contribution in [-0.2, 0) is 4.74 Å². The molecule has 0 aliphatic heterocycles. The predicted octanol–water partition coefficient (Wildman–Crippen LogP) is 1.08. The lowest BCUT2D eigenvalue weighted by molar-refractivity contribution is 0.0922. The summed E-state index contributed by atoms with van der Waals surface area (Å²) in [7, 11) is 0. The number of aliphatic hydroxyl groups is 1. The van der Waals surface area contributed by atoms with E-state index in [-0.39, 0.29) is 6.61 Å². The number of rotatable bonds is 7. The molecule has 0 amide bonds. The fraction of sp³-hybridized carbons (Fsp3) is 0.455. The molecule has 0 fully saturated rings. The number of benzene rings is 1. The van der Waals surface area contributed by atoms with Gasteiger partial charge in [0.25, 0.3) is 0 Å². The van der Waals surface area contributed by atoms with Crippen LogP contribution in [-0.4, -0.2) is 31.5 Å².